The van der Waals surface area contributed by atoms with E-state index < -0.39 is 20.0 Å². The van der Waals surface area contributed by atoms with Gasteiger partial charge in [0.15, 0.2) is 0 Å². The number of nitrogens with zero attached hydrogens (tertiary/aromatic N) is 1. The molecule has 0 bridgehead atoms. The van der Waals surface area contributed by atoms with Gasteiger partial charge in [0.1, 0.15) is 13.2 Å². The predicted octanol–water partition coefficient (Wildman–Crippen LogP) is 13.5. The van der Waals surface area contributed by atoms with E-state index in [0.29, 0.717) is 17.4 Å². The number of quaternary nitrogens is 1. The van der Waals surface area contributed by atoms with Crippen LogP contribution in [0.1, 0.15) is 213 Å². The number of carbonyl (C=O) groups is 1. The summed E-state index contributed by atoms with van der Waals surface area (Å²) in [7, 11) is 1.55. The molecule has 0 fully saturated rings. The monoisotopic (exact) mass is 826 g/mol. The smallest absolute Gasteiger partial charge is 0.387 e. The van der Waals surface area contributed by atoms with Gasteiger partial charge in [-0.05, 0) is 57.8 Å². The molecule has 0 radical (unpaired) electrons. The van der Waals surface area contributed by atoms with Crippen molar-refractivity contribution >= 4 is 13.7 Å². The van der Waals surface area contributed by atoms with Crippen LogP contribution in [0.4, 0.5) is 0 Å². The summed E-state index contributed by atoms with van der Waals surface area (Å²) in [5, 5.41) is 13.8. The van der Waals surface area contributed by atoms with Crippen LogP contribution in [-0.2, 0) is 18.4 Å². The fourth-order valence-electron chi connectivity index (χ4n) is 6.76. The molecule has 0 aromatic carbocycles. The van der Waals surface area contributed by atoms with E-state index >= 15 is 0 Å². The molecule has 0 aliphatic carbocycles. The van der Waals surface area contributed by atoms with Crippen LogP contribution in [0.3, 0.4) is 0 Å². The van der Waals surface area contributed by atoms with Crippen LogP contribution >= 0.6 is 7.82 Å². The van der Waals surface area contributed by atoms with Gasteiger partial charge >= 0.3 is 7.82 Å². The summed E-state index contributed by atoms with van der Waals surface area (Å²) in [4.78, 5) is 23.1. The molecule has 9 heteroatoms. The molecular formula is C48H94N2O6P+. The first-order chi connectivity index (χ1) is 27.5. The second-order valence-electron chi connectivity index (χ2n) is 17.5. The summed E-state index contributed by atoms with van der Waals surface area (Å²) in [5.41, 5.74) is 0. The molecule has 57 heavy (non-hydrogen) atoms. The first-order valence-corrected chi connectivity index (χ1v) is 25.4. The molecule has 0 heterocycles. The van der Waals surface area contributed by atoms with Crippen molar-refractivity contribution in [3.63, 3.8) is 0 Å². The largest absolute Gasteiger partial charge is 0.472 e. The van der Waals surface area contributed by atoms with Gasteiger partial charge in [-0.3, -0.25) is 13.8 Å². The Morgan fingerprint density at radius 3 is 1.40 bits per heavy atom. The molecule has 0 saturated carbocycles. The van der Waals surface area contributed by atoms with Crippen molar-refractivity contribution < 1.29 is 32.9 Å². The Morgan fingerprint density at radius 1 is 0.579 bits per heavy atom. The standard InChI is InChI=1S/C48H93N2O6P/c1-6-8-10-12-14-16-18-20-22-24-26-27-29-31-33-35-37-39-41-47(51)46(45-56-57(53,54)55-44-43-50(3,4)5)49-48(52)42-40-38-36-34-32-30-28-25-23-21-19-17-15-13-11-9-7-2/h21,23,31,33,39,41,46-47,51H,6-20,22,24-30,32,34-38,40,42-45H2,1-5H3,(H-,49,52,53,54)/p+1/b23-21-,33-31+,41-39+. The van der Waals surface area contributed by atoms with E-state index in [1.165, 1.54) is 154 Å². The SMILES string of the molecule is CCCCCCCC/C=C\CCCCCCCCCC(=O)NC(COP(=O)(O)OCC[N+](C)(C)C)C(O)/C=C/CC/C=C/CCCCCCCCCCCCCC. The highest BCUT2D eigenvalue weighted by atomic mass is 31.2. The molecule has 0 aliphatic rings. The van der Waals surface area contributed by atoms with Gasteiger partial charge in [0.05, 0.1) is 39.9 Å². The third kappa shape index (κ3) is 42.6. The summed E-state index contributed by atoms with van der Waals surface area (Å²) in [6.45, 7) is 4.79. The fraction of sp³-hybridized carbons (Fsp3) is 0.854. The maximum atomic E-state index is 12.9. The van der Waals surface area contributed by atoms with Crippen molar-refractivity contribution in [1.29, 1.82) is 0 Å². The van der Waals surface area contributed by atoms with E-state index in [1.807, 2.05) is 27.2 Å². The minimum absolute atomic E-state index is 0.0555. The van der Waals surface area contributed by atoms with Crippen molar-refractivity contribution in [2.24, 2.45) is 0 Å². The lowest BCUT2D eigenvalue weighted by Gasteiger charge is -2.25. The number of aliphatic hydroxyl groups excluding tert-OH is 1. The van der Waals surface area contributed by atoms with Crippen LogP contribution in [0.15, 0.2) is 36.5 Å². The zero-order valence-electron chi connectivity index (χ0n) is 38.1. The van der Waals surface area contributed by atoms with Gasteiger partial charge in [0.2, 0.25) is 5.91 Å². The average molecular weight is 826 g/mol. The minimum Gasteiger partial charge on any atom is -0.387 e. The van der Waals surface area contributed by atoms with Gasteiger partial charge < -0.3 is 19.8 Å². The molecule has 336 valence electrons. The molecule has 0 spiro atoms. The van der Waals surface area contributed by atoms with E-state index in [0.717, 1.165) is 38.5 Å². The molecule has 0 rings (SSSR count). The van der Waals surface area contributed by atoms with Gasteiger partial charge in [-0.15, -0.1) is 0 Å². The van der Waals surface area contributed by atoms with Gasteiger partial charge in [0, 0.05) is 6.42 Å². The average Bonchev–Trinajstić information content (AvgIpc) is 3.16. The van der Waals surface area contributed by atoms with Gasteiger partial charge in [0.25, 0.3) is 0 Å². The zero-order chi connectivity index (χ0) is 42.1. The second kappa shape index (κ2) is 40.1. The second-order valence-corrected chi connectivity index (χ2v) is 18.9. The van der Waals surface area contributed by atoms with Crippen molar-refractivity contribution in [2.45, 2.75) is 225 Å². The minimum atomic E-state index is -4.35. The first kappa shape index (κ1) is 55.7. The number of phosphoric ester groups is 1. The lowest BCUT2D eigenvalue weighted by molar-refractivity contribution is -0.870. The molecule has 0 saturated heterocycles. The molecule has 0 aliphatic heterocycles. The highest BCUT2D eigenvalue weighted by Gasteiger charge is 2.27. The van der Waals surface area contributed by atoms with Crippen LogP contribution in [0.2, 0.25) is 0 Å². The Bertz CT molecular complexity index is 1030. The Labute approximate surface area is 353 Å². The normalized spacial score (nSPS) is 14.6. The number of aliphatic hydroxyl groups is 1. The first-order valence-electron chi connectivity index (χ1n) is 23.9. The number of rotatable bonds is 43. The topological polar surface area (TPSA) is 105 Å². The summed E-state index contributed by atoms with van der Waals surface area (Å²) < 4.78 is 23.6. The van der Waals surface area contributed by atoms with Crippen molar-refractivity contribution in [3.05, 3.63) is 36.5 Å². The molecular weight excluding hydrogens is 732 g/mol. The predicted molar refractivity (Wildman–Crippen MR) is 244 cm³/mol. The highest BCUT2D eigenvalue weighted by Crippen LogP contribution is 2.43. The maximum Gasteiger partial charge on any atom is 0.472 e. The summed E-state index contributed by atoms with van der Waals surface area (Å²) in [6.07, 6.45) is 49.3. The number of likely N-dealkylation sites (N-methyl/N-ethyl adjacent to an activating group) is 1. The van der Waals surface area contributed by atoms with Crippen LogP contribution in [0.5, 0.6) is 0 Å². The number of carbonyl (C=O) groups excluding carboxylic acids is 1. The van der Waals surface area contributed by atoms with Crippen LogP contribution in [0, 0.1) is 0 Å². The number of phosphoric acid groups is 1. The molecule has 8 nitrogen and oxygen atoms in total. The molecule has 0 aromatic heterocycles. The van der Waals surface area contributed by atoms with Crippen molar-refractivity contribution in [2.75, 3.05) is 40.9 Å². The summed E-state index contributed by atoms with van der Waals surface area (Å²) >= 11 is 0. The van der Waals surface area contributed by atoms with Gasteiger partial charge in [-0.25, -0.2) is 4.57 Å². The van der Waals surface area contributed by atoms with Crippen LogP contribution in [0.25, 0.3) is 0 Å². The summed E-state index contributed by atoms with van der Waals surface area (Å²) in [5.74, 6) is -0.191. The van der Waals surface area contributed by atoms with E-state index in [9.17, 15) is 19.4 Å². The van der Waals surface area contributed by atoms with E-state index in [4.69, 9.17) is 9.05 Å². The third-order valence-corrected chi connectivity index (χ3v) is 11.6. The molecule has 3 N–H and O–H groups in total. The Morgan fingerprint density at radius 2 is 0.965 bits per heavy atom. The van der Waals surface area contributed by atoms with E-state index in [1.54, 1.807) is 6.08 Å². The number of amides is 1. The molecule has 1 amide bonds. The van der Waals surface area contributed by atoms with Gasteiger partial charge in [-0.2, -0.15) is 0 Å². The summed E-state index contributed by atoms with van der Waals surface area (Å²) in [6, 6.07) is -0.864. The number of nitrogens with one attached hydrogen (secondary N) is 1. The number of hydrogen-bond acceptors (Lipinski definition) is 5. The van der Waals surface area contributed by atoms with E-state index in [-0.39, 0.29) is 19.1 Å². The van der Waals surface area contributed by atoms with Crippen molar-refractivity contribution in [1.82, 2.24) is 5.32 Å². The molecule has 3 unspecified atom stereocenters. The lowest BCUT2D eigenvalue weighted by atomic mass is 10.0. The van der Waals surface area contributed by atoms with E-state index in [2.05, 4.69) is 43.5 Å². The number of unbranched alkanes of at least 4 members (excludes halogenated alkanes) is 26. The molecule has 3 atom stereocenters. The van der Waals surface area contributed by atoms with Crippen LogP contribution in [-0.4, -0.2) is 73.4 Å². The maximum absolute atomic E-state index is 12.9. The number of hydrogen-bond donors (Lipinski definition) is 3. The Hall–Kier alpha value is -1.28. The highest BCUT2D eigenvalue weighted by molar-refractivity contribution is 7.47. The lowest BCUT2D eigenvalue weighted by Crippen LogP contribution is -2.45. The number of allylic oxidation sites excluding steroid dienone is 5. The van der Waals surface area contributed by atoms with Crippen molar-refractivity contribution in [3.8, 4) is 0 Å². The van der Waals surface area contributed by atoms with Crippen LogP contribution < -0.4 is 5.32 Å². The third-order valence-electron chi connectivity index (χ3n) is 10.6. The fourth-order valence-corrected chi connectivity index (χ4v) is 7.49. The Balaban J connectivity index is 4.43. The quantitative estimate of drug-likeness (QED) is 0.0245. The zero-order valence-corrected chi connectivity index (χ0v) is 39.0. The van der Waals surface area contributed by atoms with Gasteiger partial charge in [-0.1, -0.05) is 185 Å². The Kier molecular flexibility index (Phi) is 39.2. The molecule has 0 aromatic rings.